The Kier molecular flexibility index (Phi) is 3.42. The summed E-state index contributed by atoms with van der Waals surface area (Å²) in [6, 6.07) is 14.3. The second kappa shape index (κ2) is 5.73. The van der Waals surface area contributed by atoms with Crippen molar-refractivity contribution < 1.29 is 4.39 Å². The van der Waals surface area contributed by atoms with E-state index in [9.17, 15) is 4.39 Å². The maximum atomic E-state index is 14.1. The SMILES string of the molecule is Nc1nccc(Nc2ccc3c(c2)C(c2ccccc2F)=NC3)n1. The molecule has 0 amide bonds. The van der Waals surface area contributed by atoms with E-state index < -0.39 is 0 Å². The number of nitrogens with one attached hydrogen (secondary N) is 1. The predicted octanol–water partition coefficient (Wildman–Crippen LogP) is 3.29. The third-order valence-corrected chi connectivity index (χ3v) is 3.85. The molecule has 1 aliphatic rings. The lowest BCUT2D eigenvalue weighted by Gasteiger charge is -2.10. The van der Waals surface area contributed by atoms with E-state index >= 15 is 0 Å². The zero-order valence-corrected chi connectivity index (χ0v) is 12.7. The van der Waals surface area contributed by atoms with Crippen LogP contribution in [-0.2, 0) is 6.54 Å². The average Bonchev–Trinajstić information content (AvgIpc) is 2.98. The molecule has 0 bridgehead atoms. The van der Waals surface area contributed by atoms with Crippen LogP contribution in [0.5, 0.6) is 0 Å². The molecule has 1 aliphatic heterocycles. The predicted molar refractivity (Wildman–Crippen MR) is 91.9 cm³/mol. The Balaban J connectivity index is 1.69. The third kappa shape index (κ3) is 2.58. The Morgan fingerprint density at radius 2 is 1.92 bits per heavy atom. The molecule has 0 unspecified atom stereocenters. The van der Waals surface area contributed by atoms with Crippen LogP contribution < -0.4 is 11.1 Å². The van der Waals surface area contributed by atoms with Crippen molar-refractivity contribution in [1.29, 1.82) is 0 Å². The highest BCUT2D eigenvalue weighted by atomic mass is 19.1. The molecule has 3 N–H and O–H groups in total. The molecule has 0 radical (unpaired) electrons. The summed E-state index contributed by atoms with van der Waals surface area (Å²) in [5.74, 6) is 0.533. The number of hydrogen-bond acceptors (Lipinski definition) is 5. The second-order valence-electron chi connectivity index (χ2n) is 5.44. The molecule has 118 valence electrons. The van der Waals surface area contributed by atoms with E-state index in [0.29, 0.717) is 23.6 Å². The van der Waals surface area contributed by atoms with Crippen LogP contribution in [-0.4, -0.2) is 15.7 Å². The lowest BCUT2D eigenvalue weighted by Crippen LogP contribution is -2.05. The van der Waals surface area contributed by atoms with Crippen molar-refractivity contribution in [3.05, 3.63) is 77.2 Å². The maximum Gasteiger partial charge on any atom is 0.221 e. The molecule has 5 nitrogen and oxygen atoms in total. The highest BCUT2D eigenvalue weighted by Gasteiger charge is 2.20. The molecule has 0 aliphatic carbocycles. The van der Waals surface area contributed by atoms with Crippen molar-refractivity contribution in [2.45, 2.75) is 6.54 Å². The molecule has 2 heterocycles. The average molecular weight is 319 g/mol. The van der Waals surface area contributed by atoms with Gasteiger partial charge in [-0.1, -0.05) is 18.2 Å². The number of benzene rings is 2. The molecule has 6 heteroatoms. The minimum absolute atomic E-state index is 0.203. The molecule has 2 aromatic carbocycles. The first-order valence-corrected chi connectivity index (χ1v) is 7.49. The Hall–Kier alpha value is -3.28. The fraction of sp³-hybridized carbons (Fsp3) is 0.0556. The number of nitrogen functional groups attached to an aromatic ring is 1. The smallest absolute Gasteiger partial charge is 0.221 e. The van der Waals surface area contributed by atoms with Crippen LogP contribution in [0.1, 0.15) is 16.7 Å². The van der Waals surface area contributed by atoms with E-state index in [4.69, 9.17) is 5.73 Å². The standard InChI is InChI=1S/C18H14FN5/c19-15-4-2-1-3-13(15)17-14-9-12(6-5-11(14)10-22-17)23-16-7-8-21-18(20)24-16/h1-9H,10H2,(H3,20,21,23,24). The lowest BCUT2D eigenvalue weighted by molar-refractivity contribution is 0.625. The van der Waals surface area contributed by atoms with Gasteiger partial charge in [0.2, 0.25) is 5.95 Å². The van der Waals surface area contributed by atoms with Gasteiger partial charge in [0.25, 0.3) is 0 Å². The molecule has 0 saturated carbocycles. The molecular weight excluding hydrogens is 305 g/mol. The number of hydrogen-bond donors (Lipinski definition) is 2. The van der Waals surface area contributed by atoms with Crippen LogP contribution >= 0.6 is 0 Å². The van der Waals surface area contributed by atoms with Gasteiger partial charge < -0.3 is 11.1 Å². The fourth-order valence-corrected chi connectivity index (χ4v) is 2.74. The Morgan fingerprint density at radius 3 is 2.75 bits per heavy atom. The van der Waals surface area contributed by atoms with Gasteiger partial charge in [-0.05, 0) is 35.9 Å². The summed E-state index contributed by atoms with van der Waals surface area (Å²) in [4.78, 5) is 12.5. The molecular formula is C18H14FN5. The largest absolute Gasteiger partial charge is 0.368 e. The first-order valence-electron chi connectivity index (χ1n) is 7.49. The third-order valence-electron chi connectivity index (χ3n) is 3.85. The quantitative estimate of drug-likeness (QED) is 0.776. The summed E-state index contributed by atoms with van der Waals surface area (Å²) < 4.78 is 14.1. The van der Waals surface area contributed by atoms with Gasteiger partial charge in [-0.2, -0.15) is 4.98 Å². The summed E-state index contributed by atoms with van der Waals surface area (Å²) in [5.41, 5.74) is 9.61. The van der Waals surface area contributed by atoms with Crippen LogP contribution in [0.25, 0.3) is 0 Å². The van der Waals surface area contributed by atoms with Crippen molar-refractivity contribution in [2.24, 2.45) is 4.99 Å². The number of halogens is 1. The fourth-order valence-electron chi connectivity index (χ4n) is 2.74. The molecule has 1 aromatic heterocycles. The maximum absolute atomic E-state index is 14.1. The van der Waals surface area contributed by atoms with Gasteiger partial charge in [-0.15, -0.1) is 0 Å². The Morgan fingerprint density at radius 1 is 1.04 bits per heavy atom. The number of aliphatic imine (C=N–C) groups is 1. The van der Waals surface area contributed by atoms with Gasteiger partial charge in [0.15, 0.2) is 0 Å². The summed E-state index contributed by atoms with van der Waals surface area (Å²) in [7, 11) is 0. The minimum Gasteiger partial charge on any atom is -0.368 e. The molecule has 0 atom stereocenters. The van der Waals surface area contributed by atoms with Crippen LogP contribution in [0.2, 0.25) is 0 Å². The van der Waals surface area contributed by atoms with E-state index in [2.05, 4.69) is 20.3 Å². The van der Waals surface area contributed by atoms with Crippen LogP contribution in [0.4, 0.5) is 21.8 Å². The molecule has 4 rings (SSSR count). The molecule has 0 spiro atoms. The zero-order valence-electron chi connectivity index (χ0n) is 12.7. The molecule has 0 saturated heterocycles. The van der Waals surface area contributed by atoms with E-state index in [1.165, 1.54) is 6.07 Å². The van der Waals surface area contributed by atoms with Gasteiger partial charge in [-0.25, -0.2) is 9.37 Å². The second-order valence-corrected chi connectivity index (χ2v) is 5.44. The number of anilines is 3. The van der Waals surface area contributed by atoms with Gasteiger partial charge in [0.05, 0.1) is 12.3 Å². The number of nitrogens with two attached hydrogens (primary N) is 1. The van der Waals surface area contributed by atoms with Crippen molar-refractivity contribution in [2.75, 3.05) is 11.1 Å². The highest BCUT2D eigenvalue weighted by Crippen LogP contribution is 2.28. The summed E-state index contributed by atoms with van der Waals surface area (Å²) >= 11 is 0. The van der Waals surface area contributed by atoms with E-state index in [1.54, 1.807) is 24.4 Å². The topological polar surface area (TPSA) is 76.2 Å². The molecule has 3 aromatic rings. The highest BCUT2D eigenvalue weighted by molar-refractivity contribution is 6.15. The minimum atomic E-state index is -0.272. The van der Waals surface area contributed by atoms with Crippen molar-refractivity contribution in [1.82, 2.24) is 9.97 Å². The zero-order chi connectivity index (χ0) is 16.5. The normalized spacial score (nSPS) is 12.6. The van der Waals surface area contributed by atoms with E-state index in [1.807, 2.05) is 24.3 Å². The number of aromatic nitrogens is 2. The molecule has 24 heavy (non-hydrogen) atoms. The summed E-state index contributed by atoms with van der Waals surface area (Å²) in [5, 5.41) is 3.18. The van der Waals surface area contributed by atoms with Gasteiger partial charge in [-0.3, -0.25) is 4.99 Å². The summed E-state index contributed by atoms with van der Waals surface area (Å²) in [6.45, 7) is 0.555. The number of nitrogens with zero attached hydrogens (tertiary/aromatic N) is 3. The number of fused-ring (bicyclic) bond motifs is 1. The Bertz CT molecular complexity index is 952. The molecule has 0 fully saturated rings. The van der Waals surface area contributed by atoms with Crippen molar-refractivity contribution in [3.8, 4) is 0 Å². The van der Waals surface area contributed by atoms with E-state index in [-0.39, 0.29) is 11.8 Å². The Labute approximate surface area is 138 Å². The van der Waals surface area contributed by atoms with Crippen molar-refractivity contribution in [3.63, 3.8) is 0 Å². The van der Waals surface area contributed by atoms with Crippen LogP contribution in [0, 0.1) is 5.82 Å². The first-order chi connectivity index (χ1) is 11.7. The monoisotopic (exact) mass is 319 g/mol. The lowest BCUT2D eigenvalue weighted by atomic mass is 9.99. The first kappa shape index (κ1) is 14.3. The number of rotatable bonds is 3. The van der Waals surface area contributed by atoms with Crippen LogP contribution in [0.15, 0.2) is 59.7 Å². The van der Waals surface area contributed by atoms with Crippen LogP contribution in [0.3, 0.4) is 0 Å². The van der Waals surface area contributed by atoms with Crippen molar-refractivity contribution >= 4 is 23.2 Å². The van der Waals surface area contributed by atoms with Gasteiger partial charge in [0.1, 0.15) is 11.6 Å². The van der Waals surface area contributed by atoms with E-state index in [0.717, 1.165) is 16.8 Å². The van der Waals surface area contributed by atoms with Gasteiger partial charge in [0, 0.05) is 23.0 Å². The van der Waals surface area contributed by atoms with Gasteiger partial charge >= 0.3 is 0 Å². The summed E-state index contributed by atoms with van der Waals surface area (Å²) in [6.07, 6.45) is 1.59.